The van der Waals surface area contributed by atoms with E-state index in [1.54, 1.807) is 6.07 Å². The molecule has 0 atom stereocenters. The molecule has 0 bridgehead atoms. The normalized spacial score (nSPS) is 16.4. The minimum absolute atomic E-state index is 0.310. The molecule has 0 amide bonds. The Hall–Kier alpha value is -1.91. The van der Waals surface area contributed by atoms with Gasteiger partial charge in [-0.3, -0.25) is 4.99 Å². The molecule has 0 radical (unpaired) electrons. The number of phenolic OH excluding ortho intramolecular Hbond substituents is 1. The molecule has 0 unspecified atom stereocenters. The fraction of sp³-hybridized carbons (Fsp3) is 0.632. The maximum atomic E-state index is 10.0. The molecule has 1 heterocycles. The van der Waals surface area contributed by atoms with E-state index in [4.69, 9.17) is 4.99 Å². The Bertz CT molecular complexity index is 543. The van der Waals surface area contributed by atoms with Gasteiger partial charge in [-0.25, -0.2) is 0 Å². The van der Waals surface area contributed by atoms with Crippen LogP contribution in [0.3, 0.4) is 0 Å². The Labute approximate surface area is 146 Å². The van der Waals surface area contributed by atoms with Crippen LogP contribution in [-0.4, -0.2) is 55.2 Å². The van der Waals surface area contributed by atoms with Gasteiger partial charge in [-0.05, 0) is 30.9 Å². The molecule has 0 aromatic heterocycles. The van der Waals surface area contributed by atoms with Gasteiger partial charge in [-0.2, -0.15) is 0 Å². The molecule has 2 rings (SSSR count). The Morgan fingerprint density at radius 2 is 1.83 bits per heavy atom. The van der Waals surface area contributed by atoms with Gasteiger partial charge in [0, 0.05) is 39.3 Å². The quantitative estimate of drug-likeness (QED) is 0.657. The van der Waals surface area contributed by atoms with E-state index in [1.807, 2.05) is 18.2 Å². The minimum Gasteiger partial charge on any atom is -0.506 e. The monoisotopic (exact) mass is 332 g/mol. The zero-order valence-corrected chi connectivity index (χ0v) is 15.5. The second kappa shape index (κ2) is 8.27. The average Bonchev–Trinajstić information content (AvgIpc) is 2.54. The number of hydrogen-bond acceptors (Lipinski definition) is 3. The number of piperazine rings is 1. The van der Waals surface area contributed by atoms with E-state index in [1.165, 1.54) is 0 Å². The summed E-state index contributed by atoms with van der Waals surface area (Å²) in [5.74, 6) is 1.37. The van der Waals surface area contributed by atoms with E-state index >= 15 is 0 Å². The lowest BCUT2D eigenvalue weighted by Gasteiger charge is -2.38. The topological polar surface area (TPSA) is 51.1 Å². The summed E-state index contributed by atoms with van der Waals surface area (Å²) in [6, 6.07) is 7.56. The summed E-state index contributed by atoms with van der Waals surface area (Å²) in [7, 11) is 0. The summed E-state index contributed by atoms with van der Waals surface area (Å²) in [6.07, 6.45) is 1.08. The Balaban J connectivity index is 1.95. The summed E-state index contributed by atoms with van der Waals surface area (Å²) >= 11 is 0. The lowest BCUT2D eigenvalue weighted by molar-refractivity contribution is 0.362. The predicted molar refractivity (Wildman–Crippen MR) is 102 cm³/mol. The number of guanidine groups is 1. The molecule has 0 spiro atoms. The fourth-order valence-electron chi connectivity index (χ4n) is 2.81. The van der Waals surface area contributed by atoms with Gasteiger partial charge in [0.05, 0.1) is 5.69 Å². The van der Waals surface area contributed by atoms with Gasteiger partial charge in [-0.1, -0.05) is 32.9 Å². The number of nitrogens with one attached hydrogen (secondary N) is 1. The summed E-state index contributed by atoms with van der Waals surface area (Å²) in [4.78, 5) is 9.36. The van der Waals surface area contributed by atoms with Crippen molar-refractivity contribution in [1.82, 2.24) is 10.2 Å². The molecule has 5 heteroatoms. The van der Waals surface area contributed by atoms with Crippen LogP contribution in [0.25, 0.3) is 0 Å². The van der Waals surface area contributed by atoms with Gasteiger partial charge in [-0.15, -0.1) is 0 Å². The first kappa shape index (κ1) is 18.4. The van der Waals surface area contributed by atoms with Crippen molar-refractivity contribution in [3.8, 4) is 5.75 Å². The van der Waals surface area contributed by atoms with Gasteiger partial charge in [0.2, 0.25) is 0 Å². The number of phenols is 1. The molecule has 134 valence electrons. The van der Waals surface area contributed by atoms with Crippen molar-refractivity contribution in [2.45, 2.75) is 34.1 Å². The summed E-state index contributed by atoms with van der Waals surface area (Å²) < 4.78 is 0. The van der Waals surface area contributed by atoms with E-state index in [9.17, 15) is 5.11 Å². The Morgan fingerprint density at radius 3 is 2.42 bits per heavy atom. The lowest BCUT2D eigenvalue weighted by atomic mass is 9.92. The van der Waals surface area contributed by atoms with Crippen molar-refractivity contribution in [2.24, 2.45) is 10.4 Å². The predicted octanol–water partition coefficient (Wildman–Crippen LogP) is 2.92. The highest BCUT2D eigenvalue weighted by Gasteiger charge is 2.21. The second-order valence-corrected chi connectivity index (χ2v) is 7.51. The van der Waals surface area contributed by atoms with Crippen LogP contribution in [0.2, 0.25) is 0 Å². The number of benzene rings is 1. The van der Waals surface area contributed by atoms with E-state index in [2.05, 4.69) is 42.8 Å². The van der Waals surface area contributed by atoms with Crippen LogP contribution in [0.4, 0.5) is 5.69 Å². The van der Waals surface area contributed by atoms with Gasteiger partial charge in [0.15, 0.2) is 5.96 Å². The van der Waals surface area contributed by atoms with Gasteiger partial charge in [0.25, 0.3) is 0 Å². The summed E-state index contributed by atoms with van der Waals surface area (Å²) in [5, 5.41) is 13.4. The number of rotatable bonds is 4. The molecule has 2 N–H and O–H groups in total. The average molecular weight is 332 g/mol. The Kier molecular flexibility index (Phi) is 6.35. The van der Waals surface area contributed by atoms with Crippen molar-refractivity contribution in [3.63, 3.8) is 0 Å². The molecule has 5 nitrogen and oxygen atoms in total. The molecule has 1 aliphatic heterocycles. The number of para-hydroxylation sites is 2. The zero-order valence-electron chi connectivity index (χ0n) is 15.5. The first-order valence-corrected chi connectivity index (χ1v) is 8.97. The highest BCUT2D eigenvalue weighted by molar-refractivity contribution is 5.80. The summed E-state index contributed by atoms with van der Waals surface area (Å²) in [5.41, 5.74) is 1.23. The van der Waals surface area contributed by atoms with Crippen molar-refractivity contribution in [3.05, 3.63) is 24.3 Å². The van der Waals surface area contributed by atoms with Crippen LogP contribution in [0, 0.1) is 5.41 Å². The third-order valence-corrected chi connectivity index (χ3v) is 4.26. The van der Waals surface area contributed by atoms with Crippen LogP contribution >= 0.6 is 0 Å². The molecular formula is C19H32N4O. The van der Waals surface area contributed by atoms with Crippen LogP contribution in [0.15, 0.2) is 29.3 Å². The van der Waals surface area contributed by atoms with Gasteiger partial charge in [0.1, 0.15) is 5.75 Å². The standard InChI is InChI=1S/C19H32N4O/c1-5-20-18(21-11-10-19(2,3)4)23-14-12-22(13-15-23)16-8-6-7-9-17(16)24/h6-9,24H,5,10-15H2,1-4H3,(H,20,21). The van der Waals surface area contributed by atoms with E-state index in [0.29, 0.717) is 11.2 Å². The fourth-order valence-corrected chi connectivity index (χ4v) is 2.81. The number of aliphatic imine (C=N–C) groups is 1. The molecule has 1 saturated heterocycles. The summed E-state index contributed by atoms with van der Waals surface area (Å²) in [6.45, 7) is 14.2. The molecule has 1 fully saturated rings. The number of aromatic hydroxyl groups is 1. The van der Waals surface area contributed by atoms with E-state index in [-0.39, 0.29) is 0 Å². The first-order valence-electron chi connectivity index (χ1n) is 8.97. The van der Waals surface area contributed by atoms with Gasteiger partial charge < -0.3 is 20.2 Å². The van der Waals surface area contributed by atoms with Crippen molar-refractivity contribution in [1.29, 1.82) is 0 Å². The number of hydrogen-bond donors (Lipinski definition) is 2. The Morgan fingerprint density at radius 1 is 1.17 bits per heavy atom. The third kappa shape index (κ3) is 5.32. The minimum atomic E-state index is 0.310. The van der Waals surface area contributed by atoms with Crippen LogP contribution < -0.4 is 10.2 Å². The van der Waals surface area contributed by atoms with Crippen LogP contribution in [0.5, 0.6) is 5.75 Å². The van der Waals surface area contributed by atoms with Gasteiger partial charge >= 0.3 is 0 Å². The SMILES string of the molecule is CCNC(=NCCC(C)(C)C)N1CCN(c2ccccc2O)CC1. The van der Waals surface area contributed by atoms with E-state index < -0.39 is 0 Å². The van der Waals surface area contributed by atoms with E-state index in [0.717, 1.165) is 57.3 Å². The highest BCUT2D eigenvalue weighted by Crippen LogP contribution is 2.27. The highest BCUT2D eigenvalue weighted by atomic mass is 16.3. The molecule has 1 aromatic carbocycles. The van der Waals surface area contributed by atoms with Crippen molar-refractivity contribution in [2.75, 3.05) is 44.2 Å². The molecular weight excluding hydrogens is 300 g/mol. The maximum absolute atomic E-state index is 10.0. The smallest absolute Gasteiger partial charge is 0.194 e. The van der Waals surface area contributed by atoms with Crippen LogP contribution in [0.1, 0.15) is 34.1 Å². The molecule has 1 aromatic rings. The van der Waals surface area contributed by atoms with Crippen molar-refractivity contribution >= 4 is 11.6 Å². The number of anilines is 1. The molecule has 0 aliphatic carbocycles. The second-order valence-electron chi connectivity index (χ2n) is 7.51. The number of nitrogens with zero attached hydrogens (tertiary/aromatic N) is 3. The molecule has 24 heavy (non-hydrogen) atoms. The van der Waals surface area contributed by atoms with Crippen LogP contribution in [-0.2, 0) is 0 Å². The zero-order chi connectivity index (χ0) is 17.6. The lowest BCUT2D eigenvalue weighted by Crippen LogP contribution is -2.52. The van der Waals surface area contributed by atoms with Crippen molar-refractivity contribution < 1.29 is 5.11 Å². The largest absolute Gasteiger partial charge is 0.506 e. The third-order valence-electron chi connectivity index (χ3n) is 4.26. The first-order chi connectivity index (χ1) is 11.4. The molecule has 1 aliphatic rings. The molecule has 0 saturated carbocycles. The maximum Gasteiger partial charge on any atom is 0.194 e.